The van der Waals surface area contributed by atoms with Crippen LogP contribution in [0.2, 0.25) is 0 Å². The molecule has 0 amide bonds. The van der Waals surface area contributed by atoms with Crippen molar-refractivity contribution in [3.8, 4) is 16.9 Å². The molecule has 5 nitrogen and oxygen atoms in total. The predicted molar refractivity (Wildman–Crippen MR) is 74.0 cm³/mol. The first-order chi connectivity index (χ1) is 9.61. The number of Topliss-reactive ketones (excluding diaryl/α,β-unsaturated/α-hetero) is 1. The third kappa shape index (κ3) is 2.28. The van der Waals surface area contributed by atoms with Crippen molar-refractivity contribution in [2.75, 3.05) is 13.7 Å². The van der Waals surface area contributed by atoms with E-state index in [0.29, 0.717) is 17.5 Å². The molecule has 0 bridgehead atoms. The minimum Gasteiger partial charge on any atom is -0.492 e. The van der Waals surface area contributed by atoms with Crippen molar-refractivity contribution in [2.45, 2.75) is 12.8 Å². The van der Waals surface area contributed by atoms with Crippen LogP contribution in [0, 0.1) is 0 Å². The zero-order chi connectivity index (χ0) is 14.7. The lowest BCUT2D eigenvalue weighted by molar-refractivity contribution is 0.0972. The van der Waals surface area contributed by atoms with Gasteiger partial charge in [-0.1, -0.05) is 24.3 Å². The fourth-order valence-corrected chi connectivity index (χ4v) is 2.13. The molecule has 2 aromatic rings. The first-order valence-electron chi connectivity index (χ1n) is 6.22. The Labute approximate surface area is 115 Å². The van der Waals surface area contributed by atoms with Crippen LogP contribution in [0.5, 0.6) is 5.75 Å². The summed E-state index contributed by atoms with van der Waals surface area (Å²) in [4.78, 5) is 35.1. The van der Waals surface area contributed by atoms with Crippen molar-refractivity contribution in [1.82, 2.24) is 0 Å². The Balaban J connectivity index is 2.48. The Hall–Kier alpha value is -2.27. The van der Waals surface area contributed by atoms with Crippen molar-refractivity contribution in [3.63, 3.8) is 0 Å². The zero-order valence-corrected chi connectivity index (χ0v) is 11.0. The maximum absolute atomic E-state index is 12.1. The average molecular weight is 274 g/mol. The summed E-state index contributed by atoms with van der Waals surface area (Å²) in [7, 11) is 1.32. The van der Waals surface area contributed by atoms with Gasteiger partial charge in [-0.2, -0.15) is 0 Å². The lowest BCUT2D eigenvalue weighted by atomic mass is 9.92. The second kappa shape index (κ2) is 5.79. The van der Waals surface area contributed by atoms with Gasteiger partial charge in [0.1, 0.15) is 0 Å². The topological polar surface area (TPSA) is 80.7 Å². The summed E-state index contributed by atoms with van der Waals surface area (Å²) in [5, 5.41) is 8.77. The fraction of sp³-hybridized carbons (Fsp3) is 0.267. The van der Waals surface area contributed by atoms with Gasteiger partial charge in [-0.15, -0.1) is 0 Å². The van der Waals surface area contributed by atoms with Crippen LogP contribution >= 0.6 is 0 Å². The van der Waals surface area contributed by atoms with E-state index in [4.69, 9.17) is 9.84 Å². The Morgan fingerprint density at radius 2 is 1.90 bits per heavy atom. The van der Waals surface area contributed by atoms with Gasteiger partial charge < -0.3 is 9.84 Å². The standard InChI is InChI=1S/C15H14O5/c1-20-15-12(13(18)14(15)19)10-6-3-2-5-9(10)11(17)7-4-8-16/h2-3,5-6,16H,4,7-8H2,1H3. The van der Waals surface area contributed by atoms with E-state index in [1.165, 1.54) is 7.11 Å². The van der Waals surface area contributed by atoms with Crippen molar-refractivity contribution < 1.29 is 14.6 Å². The Kier molecular flexibility index (Phi) is 4.10. The molecule has 0 saturated carbocycles. The molecule has 0 saturated heterocycles. The van der Waals surface area contributed by atoms with Crippen molar-refractivity contribution in [1.29, 1.82) is 0 Å². The maximum atomic E-state index is 12.1. The normalized spacial score (nSPS) is 10.7. The molecule has 5 heteroatoms. The minimum atomic E-state index is -0.667. The lowest BCUT2D eigenvalue weighted by Gasteiger charge is -2.13. The van der Waals surface area contributed by atoms with E-state index in [1.54, 1.807) is 24.3 Å². The van der Waals surface area contributed by atoms with Crippen LogP contribution in [0.4, 0.5) is 0 Å². The van der Waals surface area contributed by atoms with Gasteiger partial charge in [-0.3, -0.25) is 14.4 Å². The third-order valence-electron chi connectivity index (χ3n) is 3.13. The van der Waals surface area contributed by atoms with Crippen LogP contribution in [-0.4, -0.2) is 24.6 Å². The molecule has 0 radical (unpaired) electrons. The number of methoxy groups -OCH3 is 1. The molecule has 0 aliphatic heterocycles. The molecule has 0 spiro atoms. The Morgan fingerprint density at radius 1 is 1.20 bits per heavy atom. The SMILES string of the molecule is COc1c(-c2ccccc2C(=O)CCCO)c(=O)c1=O. The quantitative estimate of drug-likeness (QED) is 0.625. The average Bonchev–Trinajstić information content (AvgIpc) is 2.49. The Bertz CT molecular complexity index is 707. The highest BCUT2D eigenvalue weighted by atomic mass is 16.5. The number of aliphatic hydroxyl groups excluding tert-OH is 1. The lowest BCUT2D eigenvalue weighted by Crippen LogP contribution is -2.34. The number of hydrogen-bond donors (Lipinski definition) is 1. The van der Waals surface area contributed by atoms with Gasteiger partial charge >= 0.3 is 0 Å². The van der Waals surface area contributed by atoms with E-state index in [2.05, 4.69) is 0 Å². The van der Waals surface area contributed by atoms with Crippen molar-refractivity contribution in [3.05, 3.63) is 50.3 Å². The molecule has 0 atom stereocenters. The molecule has 0 unspecified atom stereocenters. The molecule has 2 aromatic carbocycles. The monoisotopic (exact) mass is 274 g/mol. The van der Waals surface area contributed by atoms with Gasteiger partial charge in [0.2, 0.25) is 5.43 Å². The molecular weight excluding hydrogens is 260 g/mol. The van der Waals surface area contributed by atoms with Gasteiger partial charge in [0.25, 0.3) is 5.43 Å². The molecular formula is C15H14O5. The Morgan fingerprint density at radius 3 is 2.55 bits per heavy atom. The molecule has 0 aromatic heterocycles. The van der Waals surface area contributed by atoms with Gasteiger partial charge in [-0.25, -0.2) is 0 Å². The molecule has 0 aliphatic carbocycles. The first kappa shape index (κ1) is 14.1. The van der Waals surface area contributed by atoms with E-state index in [-0.39, 0.29) is 30.1 Å². The zero-order valence-electron chi connectivity index (χ0n) is 11.0. The van der Waals surface area contributed by atoms with Gasteiger partial charge in [0, 0.05) is 24.2 Å². The summed E-state index contributed by atoms with van der Waals surface area (Å²) in [5.41, 5.74) is -0.363. The summed E-state index contributed by atoms with van der Waals surface area (Å²) < 4.78 is 4.91. The van der Waals surface area contributed by atoms with Crippen LogP contribution in [0.25, 0.3) is 11.1 Å². The first-order valence-corrected chi connectivity index (χ1v) is 6.22. The number of benzene rings is 1. The molecule has 20 heavy (non-hydrogen) atoms. The molecule has 0 fully saturated rings. The molecule has 1 N–H and O–H groups in total. The summed E-state index contributed by atoms with van der Waals surface area (Å²) in [6.45, 7) is -0.0721. The fourth-order valence-electron chi connectivity index (χ4n) is 2.13. The highest BCUT2D eigenvalue weighted by Gasteiger charge is 2.26. The van der Waals surface area contributed by atoms with Gasteiger partial charge in [0.05, 0.1) is 12.7 Å². The highest BCUT2D eigenvalue weighted by molar-refractivity contribution is 6.03. The van der Waals surface area contributed by atoms with Crippen LogP contribution < -0.4 is 15.6 Å². The minimum absolute atomic E-state index is 0.00240. The van der Waals surface area contributed by atoms with E-state index in [9.17, 15) is 14.4 Å². The summed E-state index contributed by atoms with van der Waals surface area (Å²) >= 11 is 0. The molecule has 0 aliphatic rings. The number of ether oxygens (including phenoxy) is 1. The molecule has 104 valence electrons. The number of aliphatic hydroxyl groups is 1. The van der Waals surface area contributed by atoms with Crippen LogP contribution in [0.3, 0.4) is 0 Å². The van der Waals surface area contributed by atoms with Crippen LogP contribution in [0.15, 0.2) is 33.9 Å². The third-order valence-corrected chi connectivity index (χ3v) is 3.13. The largest absolute Gasteiger partial charge is 0.492 e. The van der Waals surface area contributed by atoms with E-state index < -0.39 is 10.9 Å². The van der Waals surface area contributed by atoms with E-state index >= 15 is 0 Å². The summed E-state index contributed by atoms with van der Waals surface area (Å²) in [6.07, 6.45) is 0.543. The van der Waals surface area contributed by atoms with Gasteiger partial charge in [0.15, 0.2) is 11.5 Å². The van der Waals surface area contributed by atoms with Gasteiger partial charge in [-0.05, 0) is 6.42 Å². The molecule has 0 heterocycles. The van der Waals surface area contributed by atoms with Crippen molar-refractivity contribution in [2.24, 2.45) is 0 Å². The number of carbonyl (C=O) groups is 1. The number of hydrogen-bond acceptors (Lipinski definition) is 5. The smallest absolute Gasteiger partial charge is 0.268 e. The van der Waals surface area contributed by atoms with Crippen LogP contribution in [-0.2, 0) is 0 Å². The number of ketones is 1. The predicted octanol–water partition coefficient (Wildman–Crippen LogP) is 0.913. The van der Waals surface area contributed by atoms with E-state index in [0.717, 1.165) is 0 Å². The second-order valence-electron chi connectivity index (χ2n) is 4.36. The summed E-state index contributed by atoms with van der Waals surface area (Å²) in [5.74, 6) is -0.179. The number of rotatable bonds is 6. The van der Waals surface area contributed by atoms with E-state index in [1.807, 2.05) is 0 Å². The summed E-state index contributed by atoms with van der Waals surface area (Å²) in [6, 6.07) is 6.60. The maximum Gasteiger partial charge on any atom is 0.268 e. The second-order valence-corrected chi connectivity index (χ2v) is 4.36. The molecule has 2 rings (SSSR count). The van der Waals surface area contributed by atoms with Crippen molar-refractivity contribution >= 4 is 5.78 Å². The van der Waals surface area contributed by atoms with Crippen LogP contribution in [0.1, 0.15) is 23.2 Å². The highest BCUT2D eigenvalue weighted by Crippen LogP contribution is 2.29. The number of carbonyl (C=O) groups excluding carboxylic acids is 1.